The normalized spacial score (nSPS) is 11.1. The van der Waals surface area contributed by atoms with E-state index in [-0.39, 0.29) is 5.69 Å². The molecule has 1 atom stereocenters. The van der Waals surface area contributed by atoms with Gasteiger partial charge in [0.05, 0.1) is 11.1 Å². The Balaban J connectivity index is 0.000000190. The molecule has 0 saturated carbocycles. The molecule has 1 heterocycles. The zero-order chi connectivity index (χ0) is 18.9. The number of carboxylic acid groups (broad SMARTS) is 1. The Bertz CT molecular complexity index is 835. The molecule has 3 N–H and O–H groups in total. The lowest BCUT2D eigenvalue weighted by molar-refractivity contribution is -0.384. The monoisotopic (exact) mass is 356 g/mol. The fraction of sp³-hybridized carbons (Fsp3) is 0.118. The van der Waals surface area contributed by atoms with Crippen molar-refractivity contribution in [3.05, 3.63) is 76.5 Å². The third-order valence-electron chi connectivity index (χ3n) is 3.35. The lowest BCUT2D eigenvalue weighted by Gasteiger charge is -2.04. The van der Waals surface area contributed by atoms with Crippen LogP contribution in [0.5, 0.6) is 0 Å². The van der Waals surface area contributed by atoms with Crippen molar-refractivity contribution < 1.29 is 19.5 Å². The number of aromatic nitrogens is 2. The van der Waals surface area contributed by atoms with Crippen molar-refractivity contribution in [3.8, 4) is 11.3 Å². The molecular weight excluding hydrogens is 340 g/mol. The minimum Gasteiger partial charge on any atom is -0.480 e. The smallest absolute Gasteiger partial charge is 0.320 e. The lowest BCUT2D eigenvalue weighted by atomic mass is 10.1. The highest BCUT2D eigenvalue weighted by molar-refractivity contribution is 5.73. The molecule has 1 unspecified atom stereocenters. The summed E-state index contributed by atoms with van der Waals surface area (Å²) in [6.07, 6.45) is 1.83. The number of carbonyl (C=O) groups is 1. The molecule has 0 bridgehead atoms. The second kappa shape index (κ2) is 9.04. The molecule has 2 aromatic carbocycles. The van der Waals surface area contributed by atoms with Crippen molar-refractivity contribution in [2.45, 2.75) is 12.5 Å². The molecule has 0 amide bonds. The number of non-ortho nitro benzene ring substituents is 1. The van der Waals surface area contributed by atoms with E-state index < -0.39 is 16.9 Å². The van der Waals surface area contributed by atoms with Gasteiger partial charge in [-0.15, -0.1) is 0 Å². The first kappa shape index (κ1) is 18.7. The number of hydrogen-bond acceptors (Lipinski definition) is 7. The number of rotatable bonds is 5. The Morgan fingerprint density at radius 2 is 1.85 bits per heavy atom. The molecule has 0 saturated heterocycles. The van der Waals surface area contributed by atoms with Gasteiger partial charge in [-0.05, 0) is 29.3 Å². The van der Waals surface area contributed by atoms with Gasteiger partial charge in [-0.2, -0.15) is 0 Å². The average Bonchev–Trinajstić information content (AvgIpc) is 3.18. The topological polar surface area (TPSA) is 145 Å². The summed E-state index contributed by atoms with van der Waals surface area (Å²) in [5.74, 6) is -0.959. The SMILES string of the molecule is NC(Cc1ccccc1)C(=O)O.O=[N+]([O-])c1ccc(-c2cnon2)cc1. The van der Waals surface area contributed by atoms with Crippen LogP contribution in [0.15, 0.2) is 65.4 Å². The van der Waals surface area contributed by atoms with Crippen LogP contribution in [0, 0.1) is 10.1 Å². The van der Waals surface area contributed by atoms with E-state index in [2.05, 4.69) is 14.9 Å². The standard InChI is InChI=1S/C9H11NO2.C8H5N3O3/c10-8(9(11)12)6-7-4-2-1-3-5-7;12-11(13)7-3-1-6(2-4-7)8-5-9-14-10-8/h1-5,8H,6,10H2,(H,11,12);1-5H. The summed E-state index contributed by atoms with van der Waals surface area (Å²) in [4.78, 5) is 20.3. The summed E-state index contributed by atoms with van der Waals surface area (Å²) in [7, 11) is 0. The van der Waals surface area contributed by atoms with Crippen molar-refractivity contribution in [1.29, 1.82) is 0 Å². The van der Waals surface area contributed by atoms with Gasteiger partial charge in [0.25, 0.3) is 5.69 Å². The van der Waals surface area contributed by atoms with Crippen molar-refractivity contribution in [2.75, 3.05) is 0 Å². The van der Waals surface area contributed by atoms with Crippen LogP contribution in [0.4, 0.5) is 5.69 Å². The van der Waals surface area contributed by atoms with E-state index in [9.17, 15) is 14.9 Å². The molecule has 3 aromatic rings. The van der Waals surface area contributed by atoms with E-state index >= 15 is 0 Å². The molecule has 3 rings (SSSR count). The van der Waals surface area contributed by atoms with Crippen LogP contribution in [0.25, 0.3) is 11.3 Å². The maximum Gasteiger partial charge on any atom is 0.320 e. The Morgan fingerprint density at radius 3 is 2.35 bits per heavy atom. The van der Waals surface area contributed by atoms with Crippen molar-refractivity contribution in [1.82, 2.24) is 10.3 Å². The van der Waals surface area contributed by atoms with Gasteiger partial charge < -0.3 is 10.8 Å². The van der Waals surface area contributed by atoms with E-state index in [1.165, 1.54) is 18.3 Å². The lowest BCUT2D eigenvalue weighted by Crippen LogP contribution is -2.32. The quantitative estimate of drug-likeness (QED) is 0.523. The molecule has 0 aliphatic heterocycles. The van der Waals surface area contributed by atoms with Crippen molar-refractivity contribution in [3.63, 3.8) is 0 Å². The zero-order valence-corrected chi connectivity index (χ0v) is 13.6. The van der Waals surface area contributed by atoms with E-state index in [1.54, 1.807) is 12.1 Å². The predicted octanol–water partition coefficient (Wildman–Crippen LogP) is 2.29. The third-order valence-corrected chi connectivity index (χ3v) is 3.35. The average molecular weight is 356 g/mol. The van der Waals surface area contributed by atoms with Crippen LogP contribution in [0.3, 0.4) is 0 Å². The molecule has 0 fully saturated rings. The largest absolute Gasteiger partial charge is 0.480 e. The molecular formula is C17H16N4O5. The molecule has 0 radical (unpaired) electrons. The van der Waals surface area contributed by atoms with Gasteiger partial charge in [-0.1, -0.05) is 35.5 Å². The van der Waals surface area contributed by atoms with Gasteiger partial charge in [0.15, 0.2) is 0 Å². The second-order valence-corrected chi connectivity index (χ2v) is 5.23. The minimum absolute atomic E-state index is 0.0465. The highest BCUT2D eigenvalue weighted by atomic mass is 16.6. The van der Waals surface area contributed by atoms with Gasteiger partial charge in [0, 0.05) is 17.7 Å². The van der Waals surface area contributed by atoms with Gasteiger partial charge >= 0.3 is 5.97 Å². The van der Waals surface area contributed by atoms with Gasteiger partial charge in [-0.25, -0.2) is 4.63 Å². The van der Waals surface area contributed by atoms with Crippen molar-refractivity contribution >= 4 is 11.7 Å². The molecule has 9 heteroatoms. The van der Waals surface area contributed by atoms with Gasteiger partial charge in [-0.3, -0.25) is 14.9 Å². The minimum atomic E-state index is -0.959. The van der Waals surface area contributed by atoms with Crippen LogP contribution in [-0.2, 0) is 11.2 Å². The second-order valence-electron chi connectivity index (χ2n) is 5.23. The highest BCUT2D eigenvalue weighted by Gasteiger charge is 2.11. The number of hydrogen-bond donors (Lipinski definition) is 2. The summed E-state index contributed by atoms with van der Waals surface area (Å²) in [5.41, 5.74) is 7.64. The summed E-state index contributed by atoms with van der Waals surface area (Å²) in [6.45, 7) is 0. The fourth-order valence-corrected chi connectivity index (χ4v) is 2.00. The number of nitro benzene ring substituents is 1. The molecule has 1 aromatic heterocycles. The van der Waals surface area contributed by atoms with Crippen LogP contribution in [0.1, 0.15) is 5.56 Å². The molecule has 0 spiro atoms. The number of nitrogens with two attached hydrogens (primary N) is 1. The summed E-state index contributed by atoms with van der Waals surface area (Å²) in [6, 6.07) is 14.5. The number of benzene rings is 2. The Labute approximate surface area is 148 Å². The number of aliphatic carboxylic acids is 1. The van der Waals surface area contributed by atoms with E-state index in [0.717, 1.165) is 11.1 Å². The molecule has 0 aliphatic carbocycles. The molecule has 134 valence electrons. The number of carboxylic acids is 1. The van der Waals surface area contributed by atoms with E-state index in [4.69, 9.17) is 10.8 Å². The summed E-state index contributed by atoms with van der Waals surface area (Å²) >= 11 is 0. The van der Waals surface area contributed by atoms with E-state index in [0.29, 0.717) is 12.1 Å². The maximum absolute atomic E-state index is 10.4. The van der Waals surface area contributed by atoms with Crippen LogP contribution in [-0.4, -0.2) is 32.4 Å². The number of nitrogens with zero attached hydrogens (tertiary/aromatic N) is 3. The van der Waals surface area contributed by atoms with Crippen molar-refractivity contribution in [2.24, 2.45) is 5.73 Å². The summed E-state index contributed by atoms with van der Waals surface area (Å²) < 4.78 is 4.41. The van der Waals surface area contributed by atoms with Crippen LogP contribution < -0.4 is 5.73 Å². The first-order chi connectivity index (χ1) is 12.5. The Morgan fingerprint density at radius 1 is 1.19 bits per heavy atom. The first-order valence-electron chi connectivity index (χ1n) is 7.52. The third kappa shape index (κ3) is 5.49. The molecule has 9 nitrogen and oxygen atoms in total. The maximum atomic E-state index is 10.4. The Kier molecular flexibility index (Phi) is 6.52. The zero-order valence-electron chi connectivity index (χ0n) is 13.6. The number of nitro groups is 1. The fourth-order valence-electron chi connectivity index (χ4n) is 2.00. The Hall–Kier alpha value is -3.59. The van der Waals surface area contributed by atoms with Crippen LogP contribution >= 0.6 is 0 Å². The molecule has 26 heavy (non-hydrogen) atoms. The van der Waals surface area contributed by atoms with Gasteiger partial charge in [0.1, 0.15) is 11.7 Å². The van der Waals surface area contributed by atoms with E-state index in [1.807, 2.05) is 30.3 Å². The van der Waals surface area contributed by atoms with Gasteiger partial charge in [0.2, 0.25) is 0 Å². The first-order valence-corrected chi connectivity index (χ1v) is 7.52. The van der Waals surface area contributed by atoms with Crippen LogP contribution in [0.2, 0.25) is 0 Å². The summed E-state index contributed by atoms with van der Waals surface area (Å²) in [5, 5.41) is 25.9. The molecule has 0 aliphatic rings. The highest BCUT2D eigenvalue weighted by Crippen LogP contribution is 2.19. The predicted molar refractivity (Wildman–Crippen MR) is 92.1 cm³/mol.